The summed E-state index contributed by atoms with van der Waals surface area (Å²) in [7, 11) is 0. The third-order valence-corrected chi connectivity index (χ3v) is 7.86. The summed E-state index contributed by atoms with van der Waals surface area (Å²) in [6.45, 7) is 2.07. The summed E-state index contributed by atoms with van der Waals surface area (Å²) >= 11 is 2.35. The Morgan fingerprint density at radius 1 is 1.33 bits per heavy atom. The van der Waals surface area contributed by atoms with Gasteiger partial charge in [-0.1, -0.05) is 18.2 Å². The van der Waals surface area contributed by atoms with Crippen molar-refractivity contribution in [2.24, 2.45) is 0 Å². The van der Waals surface area contributed by atoms with E-state index in [0.29, 0.717) is 12.2 Å². The Hall–Kier alpha value is -2.33. The van der Waals surface area contributed by atoms with Crippen molar-refractivity contribution in [2.75, 3.05) is 18.8 Å². The minimum absolute atomic E-state index is 0.0100. The number of hydrogen-bond acceptors (Lipinski definition) is 6. The maximum absolute atomic E-state index is 13.8. The fraction of sp³-hybridized carbons (Fsp3) is 0.400. The smallest absolute Gasteiger partial charge is 0.293 e. The van der Waals surface area contributed by atoms with Crippen LogP contribution >= 0.6 is 23.5 Å². The summed E-state index contributed by atoms with van der Waals surface area (Å²) in [6.07, 6.45) is 2.53. The summed E-state index contributed by atoms with van der Waals surface area (Å²) in [5.74, 6) is -0.765. The first-order valence-corrected chi connectivity index (χ1v) is 11.3. The predicted molar refractivity (Wildman–Crippen MR) is 113 cm³/mol. The molecule has 30 heavy (non-hydrogen) atoms. The molecule has 2 atom stereocenters. The van der Waals surface area contributed by atoms with E-state index in [-0.39, 0.29) is 40.2 Å². The van der Waals surface area contributed by atoms with Crippen molar-refractivity contribution >= 4 is 52.6 Å². The van der Waals surface area contributed by atoms with Crippen LogP contribution in [0.3, 0.4) is 0 Å². The largest absolute Gasteiger partial charge is 0.352 e. The maximum Gasteiger partial charge on any atom is 0.293 e. The van der Waals surface area contributed by atoms with Crippen LogP contribution in [0, 0.1) is 5.82 Å². The molecule has 7 nitrogen and oxygen atoms in total. The van der Waals surface area contributed by atoms with Gasteiger partial charge in [-0.3, -0.25) is 24.1 Å². The number of imide groups is 1. The molecule has 0 radical (unpaired) electrons. The zero-order valence-electron chi connectivity index (χ0n) is 16.2. The Balaban J connectivity index is 1.35. The second-order valence-corrected chi connectivity index (χ2v) is 9.91. The fourth-order valence-corrected chi connectivity index (χ4v) is 6.14. The molecule has 4 rings (SSSR count). The molecule has 1 N–H and O–H groups in total. The minimum atomic E-state index is -0.536. The van der Waals surface area contributed by atoms with Gasteiger partial charge in [-0.2, -0.15) is 0 Å². The number of fused-ring (bicyclic) bond motifs is 1. The fourth-order valence-electron chi connectivity index (χ4n) is 3.85. The van der Waals surface area contributed by atoms with Crippen LogP contribution in [0.1, 0.15) is 25.3 Å². The molecule has 3 aliphatic heterocycles. The van der Waals surface area contributed by atoms with Gasteiger partial charge in [-0.15, -0.1) is 11.8 Å². The van der Waals surface area contributed by atoms with Crippen LogP contribution in [0.2, 0.25) is 0 Å². The van der Waals surface area contributed by atoms with Gasteiger partial charge in [-0.05, 0) is 37.2 Å². The molecule has 3 fully saturated rings. The lowest BCUT2D eigenvalue weighted by Crippen LogP contribution is -2.51. The highest BCUT2D eigenvalue weighted by Gasteiger charge is 2.52. The summed E-state index contributed by atoms with van der Waals surface area (Å²) in [4.78, 5) is 52.0. The molecule has 2 unspecified atom stereocenters. The van der Waals surface area contributed by atoms with Crippen molar-refractivity contribution in [2.45, 2.75) is 30.7 Å². The second-order valence-electron chi connectivity index (χ2n) is 7.41. The van der Waals surface area contributed by atoms with Crippen molar-refractivity contribution in [1.82, 2.24) is 15.1 Å². The third-order valence-electron chi connectivity index (χ3n) is 5.45. The van der Waals surface area contributed by atoms with Crippen molar-refractivity contribution in [3.63, 3.8) is 0 Å². The van der Waals surface area contributed by atoms with Crippen LogP contribution in [-0.4, -0.2) is 62.5 Å². The number of carbonyl (C=O) groups excluding carboxylic acids is 4. The molecular weight excluding hydrogens is 429 g/mol. The van der Waals surface area contributed by atoms with Gasteiger partial charge in [-0.25, -0.2) is 4.39 Å². The van der Waals surface area contributed by atoms with Gasteiger partial charge < -0.3 is 10.2 Å². The number of benzene rings is 1. The quantitative estimate of drug-likeness (QED) is 0.695. The molecule has 0 bridgehead atoms. The standard InChI is InChI=1S/C20H20FN3O4S2/c1-20-7-6-16(25)24(20)14(11-29-20)17(26)22-8-9-23-18(27)15(30-19(23)28)10-12-4-2-3-5-13(12)21/h2-5,10,14H,6-9,11H2,1H3,(H,22,26)/b15-10-. The minimum Gasteiger partial charge on any atom is -0.352 e. The van der Waals surface area contributed by atoms with Gasteiger partial charge in [0.1, 0.15) is 11.9 Å². The highest BCUT2D eigenvalue weighted by molar-refractivity contribution is 8.18. The highest BCUT2D eigenvalue weighted by atomic mass is 32.2. The molecule has 1 aromatic carbocycles. The number of halogens is 1. The molecule has 158 valence electrons. The molecule has 0 spiro atoms. The van der Waals surface area contributed by atoms with Crippen molar-refractivity contribution in [1.29, 1.82) is 0 Å². The van der Waals surface area contributed by atoms with E-state index < -0.39 is 23.0 Å². The molecule has 10 heteroatoms. The van der Waals surface area contributed by atoms with Gasteiger partial charge in [0.2, 0.25) is 11.8 Å². The normalized spacial score (nSPS) is 27.3. The average Bonchev–Trinajstić information content (AvgIpc) is 3.30. The number of hydrogen-bond donors (Lipinski definition) is 1. The lowest BCUT2D eigenvalue weighted by atomic mass is 10.2. The van der Waals surface area contributed by atoms with Crippen molar-refractivity contribution in [3.05, 3.63) is 40.6 Å². The average molecular weight is 450 g/mol. The van der Waals surface area contributed by atoms with Gasteiger partial charge in [0.05, 0.1) is 9.78 Å². The van der Waals surface area contributed by atoms with E-state index >= 15 is 0 Å². The molecule has 4 amide bonds. The van der Waals surface area contributed by atoms with Crippen LogP contribution in [-0.2, 0) is 14.4 Å². The lowest BCUT2D eigenvalue weighted by molar-refractivity contribution is -0.137. The van der Waals surface area contributed by atoms with Crippen molar-refractivity contribution in [3.8, 4) is 0 Å². The number of nitrogens with one attached hydrogen (secondary N) is 1. The number of thioether (sulfide) groups is 2. The van der Waals surface area contributed by atoms with E-state index in [4.69, 9.17) is 0 Å². The molecule has 0 saturated carbocycles. The molecule has 3 saturated heterocycles. The van der Waals surface area contributed by atoms with Gasteiger partial charge in [0, 0.05) is 30.8 Å². The topological polar surface area (TPSA) is 86.8 Å². The molecule has 3 heterocycles. The Bertz CT molecular complexity index is 969. The highest BCUT2D eigenvalue weighted by Crippen LogP contribution is 2.47. The monoisotopic (exact) mass is 449 g/mol. The van der Waals surface area contributed by atoms with Crippen molar-refractivity contribution < 1.29 is 23.6 Å². The Kier molecular flexibility index (Phi) is 5.63. The van der Waals surface area contributed by atoms with Crippen LogP contribution in [0.4, 0.5) is 9.18 Å². The van der Waals surface area contributed by atoms with Crippen LogP contribution < -0.4 is 5.32 Å². The molecule has 0 aliphatic carbocycles. The van der Waals surface area contributed by atoms with Gasteiger partial charge >= 0.3 is 0 Å². The predicted octanol–water partition coefficient (Wildman–Crippen LogP) is 2.43. The van der Waals surface area contributed by atoms with Crippen LogP contribution in [0.25, 0.3) is 6.08 Å². The van der Waals surface area contributed by atoms with Crippen LogP contribution in [0.5, 0.6) is 0 Å². The van der Waals surface area contributed by atoms with Crippen LogP contribution in [0.15, 0.2) is 29.2 Å². The third kappa shape index (κ3) is 3.74. The van der Waals surface area contributed by atoms with E-state index in [1.165, 1.54) is 18.2 Å². The van der Waals surface area contributed by atoms with Gasteiger partial charge in [0.15, 0.2) is 0 Å². The zero-order valence-corrected chi connectivity index (χ0v) is 17.9. The SMILES string of the molecule is CC12CCC(=O)N1C(C(=O)NCCN1C(=O)S/C(=C\c3ccccc3F)C1=O)CS2. The van der Waals surface area contributed by atoms with E-state index in [0.717, 1.165) is 23.1 Å². The van der Waals surface area contributed by atoms with E-state index in [1.807, 2.05) is 6.92 Å². The number of amides is 4. The summed E-state index contributed by atoms with van der Waals surface area (Å²) in [6, 6.07) is 5.46. The molecule has 1 aromatic rings. The lowest BCUT2D eigenvalue weighted by Gasteiger charge is -2.29. The Morgan fingerprint density at radius 2 is 2.10 bits per heavy atom. The summed E-state index contributed by atoms with van der Waals surface area (Å²) in [5.41, 5.74) is 0.230. The summed E-state index contributed by atoms with van der Waals surface area (Å²) in [5, 5.41) is 2.27. The first-order chi connectivity index (χ1) is 14.3. The van der Waals surface area contributed by atoms with E-state index in [1.54, 1.807) is 28.8 Å². The molecule has 3 aliphatic rings. The number of nitrogens with zero attached hydrogens (tertiary/aromatic N) is 2. The van der Waals surface area contributed by atoms with Gasteiger partial charge in [0.25, 0.3) is 11.1 Å². The summed E-state index contributed by atoms with van der Waals surface area (Å²) < 4.78 is 13.8. The molecular formula is C20H20FN3O4S2. The first kappa shape index (κ1) is 20.9. The number of carbonyl (C=O) groups is 4. The second kappa shape index (κ2) is 8.07. The van der Waals surface area contributed by atoms with E-state index in [9.17, 15) is 23.6 Å². The van der Waals surface area contributed by atoms with E-state index in [2.05, 4.69) is 5.32 Å². The first-order valence-electron chi connectivity index (χ1n) is 9.54. The molecule has 0 aromatic heterocycles. The Morgan fingerprint density at radius 3 is 2.87 bits per heavy atom. The maximum atomic E-state index is 13.8. The Labute approximate surface area is 181 Å². The zero-order chi connectivity index (χ0) is 21.5. The number of rotatable bonds is 5.